The molecule has 2 unspecified atom stereocenters. The molecule has 0 saturated carbocycles. The minimum Gasteiger partial charge on any atom is -0.409 e. The van der Waals surface area contributed by atoms with E-state index >= 15 is 0 Å². The molecule has 1 aromatic rings. The predicted molar refractivity (Wildman–Crippen MR) is 68.7 cm³/mol. The first-order valence-electron chi connectivity index (χ1n) is 5.98. The highest BCUT2D eigenvalue weighted by Gasteiger charge is 2.26. The number of aliphatic hydroxyl groups excluding tert-OH is 1. The second-order valence-electron chi connectivity index (χ2n) is 4.63. The number of anilines is 1. The zero-order valence-electron chi connectivity index (χ0n) is 10.3. The van der Waals surface area contributed by atoms with Crippen LogP contribution in [0.1, 0.15) is 18.9 Å². The summed E-state index contributed by atoms with van der Waals surface area (Å²) in [5.74, 6) is 1.21. The van der Waals surface area contributed by atoms with Crippen LogP contribution in [0.3, 0.4) is 0 Å². The highest BCUT2D eigenvalue weighted by Crippen LogP contribution is 2.24. The fourth-order valence-corrected chi connectivity index (χ4v) is 2.17. The standard InChI is InChI=1S/C12H18N4O2/c1-8(17)10-4-5-16(7-10)11-3-2-9(6-14-11)12(13)15-18/h2-3,6,8,10,17-18H,4-5,7H2,1H3,(H2,13,15). The van der Waals surface area contributed by atoms with Crippen molar-refractivity contribution in [2.75, 3.05) is 18.0 Å². The number of hydrogen-bond donors (Lipinski definition) is 3. The number of pyridine rings is 1. The Kier molecular flexibility index (Phi) is 3.66. The summed E-state index contributed by atoms with van der Waals surface area (Å²) in [5.41, 5.74) is 6.06. The molecule has 0 amide bonds. The third-order valence-electron chi connectivity index (χ3n) is 3.38. The van der Waals surface area contributed by atoms with Crippen LogP contribution in [0.5, 0.6) is 0 Å². The largest absolute Gasteiger partial charge is 0.409 e. The van der Waals surface area contributed by atoms with Crippen LogP contribution in [0.2, 0.25) is 0 Å². The van der Waals surface area contributed by atoms with Gasteiger partial charge in [-0.1, -0.05) is 5.16 Å². The molecule has 18 heavy (non-hydrogen) atoms. The fourth-order valence-electron chi connectivity index (χ4n) is 2.17. The zero-order chi connectivity index (χ0) is 13.1. The molecule has 0 bridgehead atoms. The maximum absolute atomic E-state index is 9.56. The van der Waals surface area contributed by atoms with Crippen molar-refractivity contribution >= 4 is 11.7 Å². The van der Waals surface area contributed by atoms with Gasteiger partial charge in [0, 0.05) is 30.8 Å². The lowest BCUT2D eigenvalue weighted by Gasteiger charge is -2.18. The van der Waals surface area contributed by atoms with Gasteiger partial charge in [0.15, 0.2) is 5.84 Å². The Bertz CT molecular complexity index is 430. The van der Waals surface area contributed by atoms with E-state index in [-0.39, 0.29) is 11.9 Å². The SMILES string of the molecule is CC(O)C1CCN(c2ccc(/C(N)=N/O)cn2)C1. The lowest BCUT2D eigenvalue weighted by Crippen LogP contribution is -2.24. The first-order chi connectivity index (χ1) is 8.61. The van der Waals surface area contributed by atoms with Gasteiger partial charge in [0.25, 0.3) is 0 Å². The van der Waals surface area contributed by atoms with Gasteiger partial charge in [-0.15, -0.1) is 0 Å². The Morgan fingerprint density at radius 1 is 1.61 bits per heavy atom. The maximum Gasteiger partial charge on any atom is 0.171 e. The first-order valence-corrected chi connectivity index (χ1v) is 5.98. The van der Waals surface area contributed by atoms with E-state index in [2.05, 4.69) is 15.0 Å². The smallest absolute Gasteiger partial charge is 0.171 e. The molecule has 6 heteroatoms. The van der Waals surface area contributed by atoms with Gasteiger partial charge in [0.2, 0.25) is 0 Å². The molecule has 0 spiro atoms. The van der Waals surface area contributed by atoms with E-state index < -0.39 is 0 Å². The maximum atomic E-state index is 9.56. The number of hydrogen-bond acceptors (Lipinski definition) is 5. The van der Waals surface area contributed by atoms with Crippen molar-refractivity contribution in [3.63, 3.8) is 0 Å². The molecule has 2 rings (SSSR count). The summed E-state index contributed by atoms with van der Waals surface area (Å²) in [6.45, 7) is 3.53. The average molecular weight is 250 g/mol. The van der Waals surface area contributed by atoms with Crippen LogP contribution in [-0.4, -0.2) is 40.3 Å². The minimum atomic E-state index is -0.286. The normalized spacial score (nSPS) is 22.2. The first kappa shape index (κ1) is 12.6. The van der Waals surface area contributed by atoms with Gasteiger partial charge in [-0.05, 0) is 25.5 Å². The van der Waals surface area contributed by atoms with Crippen LogP contribution in [0.15, 0.2) is 23.5 Å². The number of nitrogens with two attached hydrogens (primary N) is 1. The van der Waals surface area contributed by atoms with Crippen molar-refractivity contribution in [2.24, 2.45) is 16.8 Å². The fraction of sp³-hybridized carbons (Fsp3) is 0.500. The van der Waals surface area contributed by atoms with E-state index in [1.807, 2.05) is 13.0 Å². The molecule has 0 aliphatic carbocycles. The van der Waals surface area contributed by atoms with Crippen molar-refractivity contribution < 1.29 is 10.3 Å². The predicted octanol–water partition coefficient (Wildman–Crippen LogP) is 0.383. The van der Waals surface area contributed by atoms with Crippen LogP contribution in [-0.2, 0) is 0 Å². The minimum absolute atomic E-state index is 0.0531. The van der Waals surface area contributed by atoms with Crippen LogP contribution in [0, 0.1) is 5.92 Å². The summed E-state index contributed by atoms with van der Waals surface area (Å²) < 4.78 is 0. The zero-order valence-corrected chi connectivity index (χ0v) is 10.3. The monoisotopic (exact) mass is 250 g/mol. The van der Waals surface area contributed by atoms with Crippen molar-refractivity contribution in [1.82, 2.24) is 4.98 Å². The average Bonchev–Trinajstić information content (AvgIpc) is 2.88. The molecule has 6 nitrogen and oxygen atoms in total. The van der Waals surface area contributed by atoms with E-state index in [1.54, 1.807) is 12.3 Å². The second kappa shape index (κ2) is 5.22. The van der Waals surface area contributed by atoms with Crippen LogP contribution in [0.4, 0.5) is 5.82 Å². The summed E-state index contributed by atoms with van der Waals surface area (Å²) >= 11 is 0. The summed E-state index contributed by atoms with van der Waals surface area (Å²) in [7, 11) is 0. The quantitative estimate of drug-likeness (QED) is 0.312. The van der Waals surface area contributed by atoms with E-state index in [9.17, 15) is 5.11 Å². The van der Waals surface area contributed by atoms with Gasteiger partial charge in [0.1, 0.15) is 5.82 Å². The third-order valence-corrected chi connectivity index (χ3v) is 3.38. The summed E-state index contributed by atoms with van der Waals surface area (Å²) in [4.78, 5) is 6.43. The summed E-state index contributed by atoms with van der Waals surface area (Å²) in [6, 6.07) is 3.62. The number of nitrogens with zero attached hydrogens (tertiary/aromatic N) is 3. The van der Waals surface area contributed by atoms with Crippen molar-refractivity contribution in [3.05, 3.63) is 23.9 Å². The number of rotatable bonds is 3. The number of oxime groups is 1. The Morgan fingerprint density at radius 3 is 2.89 bits per heavy atom. The molecule has 0 radical (unpaired) electrons. The Morgan fingerprint density at radius 2 is 2.39 bits per heavy atom. The number of amidine groups is 1. The molecule has 1 aromatic heterocycles. The van der Waals surface area contributed by atoms with Gasteiger partial charge in [-0.2, -0.15) is 0 Å². The lowest BCUT2D eigenvalue weighted by atomic mass is 10.0. The highest BCUT2D eigenvalue weighted by molar-refractivity contribution is 5.96. The molecule has 98 valence electrons. The van der Waals surface area contributed by atoms with Gasteiger partial charge in [-0.25, -0.2) is 4.98 Å². The number of aromatic nitrogens is 1. The lowest BCUT2D eigenvalue weighted by molar-refractivity contribution is 0.136. The molecule has 1 aliphatic rings. The van der Waals surface area contributed by atoms with Gasteiger partial charge >= 0.3 is 0 Å². The highest BCUT2D eigenvalue weighted by atomic mass is 16.4. The molecule has 0 aromatic carbocycles. The van der Waals surface area contributed by atoms with E-state index in [0.717, 1.165) is 25.3 Å². The molecule has 1 aliphatic heterocycles. The van der Waals surface area contributed by atoms with Crippen LogP contribution >= 0.6 is 0 Å². The van der Waals surface area contributed by atoms with Crippen molar-refractivity contribution in [3.8, 4) is 0 Å². The van der Waals surface area contributed by atoms with Gasteiger partial charge in [-0.3, -0.25) is 0 Å². The van der Waals surface area contributed by atoms with Gasteiger partial charge < -0.3 is 20.9 Å². The topological polar surface area (TPSA) is 95.0 Å². The molecule has 1 saturated heterocycles. The molecular formula is C12H18N4O2. The van der Waals surface area contributed by atoms with Crippen LogP contribution < -0.4 is 10.6 Å². The van der Waals surface area contributed by atoms with Crippen molar-refractivity contribution in [1.29, 1.82) is 0 Å². The summed E-state index contributed by atoms with van der Waals surface area (Å²) in [6.07, 6.45) is 2.27. The van der Waals surface area contributed by atoms with Gasteiger partial charge in [0.05, 0.1) is 6.10 Å². The van der Waals surface area contributed by atoms with E-state index in [4.69, 9.17) is 10.9 Å². The second-order valence-corrected chi connectivity index (χ2v) is 4.63. The Labute approximate surface area is 106 Å². The summed E-state index contributed by atoms with van der Waals surface area (Å²) in [5, 5.41) is 21.0. The molecular weight excluding hydrogens is 232 g/mol. The van der Waals surface area contributed by atoms with E-state index in [1.165, 1.54) is 0 Å². The molecule has 1 fully saturated rings. The molecule has 2 atom stereocenters. The Balaban J connectivity index is 2.07. The molecule has 2 heterocycles. The Hall–Kier alpha value is -1.82. The number of aliphatic hydroxyl groups is 1. The van der Waals surface area contributed by atoms with Crippen LogP contribution in [0.25, 0.3) is 0 Å². The van der Waals surface area contributed by atoms with Crippen molar-refractivity contribution in [2.45, 2.75) is 19.4 Å². The van der Waals surface area contributed by atoms with E-state index in [0.29, 0.717) is 11.5 Å². The third kappa shape index (κ3) is 2.53. The molecule has 4 N–H and O–H groups in total.